The molecule has 172 valence electrons. The average molecular weight is 461 g/mol. The molecule has 1 aliphatic heterocycles. The van der Waals surface area contributed by atoms with Crippen molar-refractivity contribution in [3.8, 4) is 11.1 Å². The minimum absolute atomic E-state index is 0.189. The number of halogens is 2. The number of amidine groups is 1. The lowest BCUT2D eigenvalue weighted by atomic mass is 10.1. The Balaban J connectivity index is 1.47. The van der Waals surface area contributed by atoms with Gasteiger partial charge in [-0.05, 0) is 30.3 Å². The number of nitrogens with zero attached hydrogens (tertiary/aromatic N) is 4. The van der Waals surface area contributed by atoms with Gasteiger partial charge in [-0.3, -0.25) is 15.7 Å². The Morgan fingerprint density at radius 1 is 1.09 bits per heavy atom. The number of anilines is 2. The molecule has 4 aromatic rings. The van der Waals surface area contributed by atoms with E-state index in [1.807, 2.05) is 18.2 Å². The number of hydrogen-bond donors (Lipinski definition) is 3. The fraction of sp³-hybridized carbons (Fsp3) is 0.167. The second-order valence-corrected chi connectivity index (χ2v) is 7.75. The smallest absolute Gasteiger partial charge is 0.182 e. The fourth-order valence-electron chi connectivity index (χ4n) is 3.96. The first-order valence-electron chi connectivity index (χ1n) is 10.7. The number of hydrogen-bond acceptors (Lipinski definition) is 6. The summed E-state index contributed by atoms with van der Waals surface area (Å²) in [5, 5.41) is 16.9. The van der Waals surface area contributed by atoms with Gasteiger partial charge in [0.2, 0.25) is 0 Å². The van der Waals surface area contributed by atoms with Crippen LogP contribution in [0.3, 0.4) is 0 Å². The molecule has 0 atom stereocenters. The van der Waals surface area contributed by atoms with Crippen LogP contribution in [0.2, 0.25) is 0 Å². The molecule has 1 fully saturated rings. The minimum atomic E-state index is -1.12. The van der Waals surface area contributed by atoms with E-state index in [1.165, 1.54) is 12.1 Å². The number of benzene rings is 1. The maximum Gasteiger partial charge on any atom is 0.182 e. The zero-order chi connectivity index (χ0) is 23.7. The minimum Gasteiger partial charge on any atom is -0.378 e. The number of fused-ring (bicyclic) bond motifs is 1. The molecule has 3 N–H and O–H groups in total. The molecule has 4 heterocycles. The molecule has 0 radical (unpaired) electrons. The van der Waals surface area contributed by atoms with Gasteiger partial charge in [-0.25, -0.2) is 18.7 Å². The van der Waals surface area contributed by atoms with Gasteiger partial charge in [-0.2, -0.15) is 0 Å². The molecule has 1 saturated heterocycles. The van der Waals surface area contributed by atoms with Crippen LogP contribution in [-0.2, 0) is 4.74 Å². The molecule has 5 rings (SSSR count). The van der Waals surface area contributed by atoms with Crippen LogP contribution in [0.1, 0.15) is 5.56 Å². The summed E-state index contributed by atoms with van der Waals surface area (Å²) in [4.78, 5) is 15.2. The van der Waals surface area contributed by atoms with E-state index in [4.69, 9.17) is 15.6 Å². The first-order valence-corrected chi connectivity index (χ1v) is 10.7. The highest BCUT2D eigenvalue weighted by Crippen LogP contribution is 2.28. The van der Waals surface area contributed by atoms with E-state index in [0.717, 1.165) is 47.3 Å². The zero-order valence-electron chi connectivity index (χ0n) is 18.1. The van der Waals surface area contributed by atoms with Crippen LogP contribution in [0.5, 0.6) is 0 Å². The molecule has 0 saturated carbocycles. The summed E-state index contributed by atoms with van der Waals surface area (Å²) in [7, 11) is 0. The lowest BCUT2D eigenvalue weighted by Crippen LogP contribution is -2.36. The van der Waals surface area contributed by atoms with E-state index in [1.54, 1.807) is 18.6 Å². The molecule has 0 amide bonds. The summed E-state index contributed by atoms with van der Waals surface area (Å²) in [6.07, 6.45) is 5.83. The number of aromatic amines is 1. The van der Waals surface area contributed by atoms with Crippen molar-refractivity contribution in [2.24, 2.45) is 0 Å². The Morgan fingerprint density at radius 2 is 1.88 bits per heavy atom. The van der Waals surface area contributed by atoms with E-state index in [0.29, 0.717) is 29.8 Å². The summed E-state index contributed by atoms with van der Waals surface area (Å²) in [6.45, 7) is 2.95. The second-order valence-electron chi connectivity index (χ2n) is 7.75. The molecule has 0 aliphatic carbocycles. The van der Waals surface area contributed by atoms with E-state index in [-0.39, 0.29) is 11.5 Å². The standard InChI is InChI=1S/C24H21F2N7O/c25-19-2-1-3-20(22(19)26)33(14-27)23(28)18-13-31-24-17(18)10-16(12-30-24)15-4-5-21(29-11-15)32-6-8-34-9-7-32/h1-5,10-14,27-28H,6-9H2,(H,30,31). The summed E-state index contributed by atoms with van der Waals surface area (Å²) in [5.41, 5.74) is 2.35. The van der Waals surface area contributed by atoms with Gasteiger partial charge in [-0.1, -0.05) is 6.07 Å². The molecule has 1 aliphatic rings. The predicted octanol–water partition coefficient (Wildman–Crippen LogP) is 4.18. The van der Waals surface area contributed by atoms with Crippen LogP contribution in [0.25, 0.3) is 22.2 Å². The molecule has 0 spiro atoms. The van der Waals surface area contributed by atoms with Crippen molar-refractivity contribution in [2.75, 3.05) is 36.1 Å². The van der Waals surface area contributed by atoms with Crippen LogP contribution >= 0.6 is 0 Å². The predicted molar refractivity (Wildman–Crippen MR) is 127 cm³/mol. The highest BCUT2D eigenvalue weighted by Gasteiger charge is 2.21. The number of aromatic nitrogens is 3. The molecule has 0 bridgehead atoms. The van der Waals surface area contributed by atoms with Crippen molar-refractivity contribution in [3.05, 3.63) is 72.2 Å². The lowest BCUT2D eigenvalue weighted by Gasteiger charge is -2.27. The third kappa shape index (κ3) is 3.88. The number of nitrogens with one attached hydrogen (secondary N) is 3. The van der Waals surface area contributed by atoms with E-state index in [9.17, 15) is 8.78 Å². The highest BCUT2D eigenvalue weighted by molar-refractivity contribution is 6.22. The van der Waals surface area contributed by atoms with Crippen LogP contribution in [0.15, 0.2) is 55.0 Å². The van der Waals surface area contributed by atoms with E-state index < -0.39 is 11.6 Å². The highest BCUT2D eigenvalue weighted by atomic mass is 19.2. The van der Waals surface area contributed by atoms with Crippen molar-refractivity contribution in [1.29, 1.82) is 10.8 Å². The maximum absolute atomic E-state index is 14.4. The summed E-state index contributed by atoms with van der Waals surface area (Å²) in [6, 6.07) is 9.42. The Bertz CT molecular complexity index is 1360. The first-order chi connectivity index (χ1) is 16.6. The Labute approximate surface area is 193 Å². The van der Waals surface area contributed by atoms with Crippen LogP contribution in [-0.4, -0.2) is 53.4 Å². The number of morpholine rings is 1. The van der Waals surface area contributed by atoms with Crippen molar-refractivity contribution in [1.82, 2.24) is 15.0 Å². The third-order valence-electron chi connectivity index (χ3n) is 5.76. The Morgan fingerprint density at radius 3 is 2.62 bits per heavy atom. The molecule has 8 nitrogen and oxygen atoms in total. The van der Waals surface area contributed by atoms with Crippen molar-refractivity contribution in [3.63, 3.8) is 0 Å². The van der Waals surface area contributed by atoms with Crippen LogP contribution in [0.4, 0.5) is 20.3 Å². The van der Waals surface area contributed by atoms with Crippen molar-refractivity contribution < 1.29 is 13.5 Å². The first kappa shape index (κ1) is 21.7. The number of rotatable bonds is 5. The topological polar surface area (TPSA) is 105 Å². The second kappa shape index (κ2) is 8.99. The lowest BCUT2D eigenvalue weighted by molar-refractivity contribution is 0.122. The number of ether oxygens (including phenoxy) is 1. The van der Waals surface area contributed by atoms with Gasteiger partial charge in [0, 0.05) is 53.8 Å². The molecule has 0 unspecified atom stereocenters. The van der Waals surface area contributed by atoms with Crippen molar-refractivity contribution >= 4 is 34.7 Å². The van der Waals surface area contributed by atoms with Gasteiger partial charge in [0.25, 0.3) is 0 Å². The van der Waals surface area contributed by atoms with E-state index in [2.05, 4.69) is 19.9 Å². The summed E-state index contributed by atoms with van der Waals surface area (Å²) in [5.74, 6) is -1.48. The van der Waals surface area contributed by atoms with Crippen molar-refractivity contribution in [2.45, 2.75) is 0 Å². The van der Waals surface area contributed by atoms with E-state index >= 15 is 0 Å². The Hall–Kier alpha value is -4.18. The fourth-order valence-corrected chi connectivity index (χ4v) is 3.96. The molecule has 34 heavy (non-hydrogen) atoms. The quantitative estimate of drug-likeness (QED) is 0.306. The molecular weight excluding hydrogens is 440 g/mol. The molecule has 10 heteroatoms. The zero-order valence-corrected chi connectivity index (χ0v) is 18.1. The maximum atomic E-state index is 14.4. The normalized spacial score (nSPS) is 13.8. The summed E-state index contributed by atoms with van der Waals surface area (Å²) < 4.78 is 33.5. The van der Waals surface area contributed by atoms with Gasteiger partial charge in [0.15, 0.2) is 11.6 Å². The van der Waals surface area contributed by atoms with Crippen LogP contribution in [0, 0.1) is 22.5 Å². The van der Waals surface area contributed by atoms with Gasteiger partial charge < -0.3 is 14.6 Å². The third-order valence-corrected chi connectivity index (χ3v) is 5.76. The SMILES string of the molecule is N=CN(C(=N)c1c[nH]c2ncc(-c3ccc(N4CCOCC4)nc3)cc12)c1cccc(F)c1F. The molecule has 1 aromatic carbocycles. The van der Waals surface area contributed by atoms with Gasteiger partial charge >= 0.3 is 0 Å². The monoisotopic (exact) mass is 461 g/mol. The average Bonchev–Trinajstić information content (AvgIpc) is 3.31. The number of pyridine rings is 2. The molecular formula is C24H21F2N7O. The number of H-pyrrole nitrogens is 1. The summed E-state index contributed by atoms with van der Waals surface area (Å²) >= 11 is 0. The van der Waals surface area contributed by atoms with Gasteiger partial charge in [0.05, 0.1) is 25.2 Å². The van der Waals surface area contributed by atoms with Gasteiger partial charge in [0.1, 0.15) is 17.3 Å². The van der Waals surface area contributed by atoms with Gasteiger partial charge in [-0.15, -0.1) is 0 Å². The largest absolute Gasteiger partial charge is 0.378 e. The Kier molecular flexibility index (Phi) is 5.72. The molecule has 3 aromatic heterocycles. The van der Waals surface area contributed by atoms with Crippen LogP contribution < -0.4 is 9.80 Å².